The molecule has 0 aromatic heterocycles. The third-order valence-electron chi connectivity index (χ3n) is 3.12. The van der Waals surface area contributed by atoms with Crippen LogP contribution < -0.4 is 10.1 Å². The lowest BCUT2D eigenvalue weighted by atomic mass is 10.2. The molecule has 2 aromatic carbocycles. The number of nitro groups is 1. The van der Waals surface area contributed by atoms with Gasteiger partial charge >= 0.3 is 5.97 Å². The van der Waals surface area contributed by atoms with Gasteiger partial charge in [-0.2, -0.15) is 0 Å². The van der Waals surface area contributed by atoms with Crippen LogP contribution in [0.25, 0.3) is 0 Å². The number of esters is 1. The number of carbonyl (C=O) groups is 2. The average molecular weight is 328 g/mol. The van der Waals surface area contributed by atoms with E-state index in [9.17, 15) is 19.7 Å². The van der Waals surface area contributed by atoms with Crippen LogP contribution in [0.3, 0.4) is 0 Å². The standard InChI is InChI=1S/C17H16N2O5/c1-2-4-16(20)18-13-6-3-5-12(11-13)17(21)24-15-9-7-14(8-10-15)19(22)23/h3,5-11H,2,4H2,1H3,(H,18,20). The summed E-state index contributed by atoms with van der Waals surface area (Å²) in [5.74, 6) is -0.542. The van der Waals surface area contributed by atoms with Crippen LogP contribution in [0, 0.1) is 10.1 Å². The van der Waals surface area contributed by atoms with Crippen molar-refractivity contribution in [3.8, 4) is 5.75 Å². The number of amides is 1. The van der Waals surface area contributed by atoms with E-state index in [0.717, 1.165) is 6.42 Å². The van der Waals surface area contributed by atoms with Gasteiger partial charge in [-0.1, -0.05) is 13.0 Å². The third kappa shape index (κ3) is 4.64. The van der Waals surface area contributed by atoms with Crippen molar-refractivity contribution in [2.45, 2.75) is 19.8 Å². The van der Waals surface area contributed by atoms with Gasteiger partial charge in [0.2, 0.25) is 5.91 Å². The molecule has 0 saturated heterocycles. The van der Waals surface area contributed by atoms with Gasteiger partial charge in [-0.3, -0.25) is 14.9 Å². The van der Waals surface area contributed by atoms with E-state index in [0.29, 0.717) is 12.1 Å². The highest BCUT2D eigenvalue weighted by atomic mass is 16.6. The van der Waals surface area contributed by atoms with Gasteiger partial charge in [-0.15, -0.1) is 0 Å². The Morgan fingerprint density at radius 1 is 1.17 bits per heavy atom. The Morgan fingerprint density at radius 2 is 1.88 bits per heavy atom. The van der Waals surface area contributed by atoms with Gasteiger partial charge in [0.1, 0.15) is 5.75 Å². The molecule has 7 nitrogen and oxygen atoms in total. The van der Waals surface area contributed by atoms with Crippen molar-refractivity contribution in [1.82, 2.24) is 0 Å². The molecule has 0 spiro atoms. The Kier molecular flexibility index (Phi) is 5.62. The number of carbonyl (C=O) groups excluding carboxylic acids is 2. The Labute approximate surface area is 138 Å². The fourth-order valence-electron chi connectivity index (χ4n) is 1.98. The summed E-state index contributed by atoms with van der Waals surface area (Å²) < 4.78 is 5.17. The summed E-state index contributed by atoms with van der Waals surface area (Å²) in [5, 5.41) is 13.3. The molecule has 1 N–H and O–H groups in total. The minimum absolute atomic E-state index is 0.0876. The first-order valence-corrected chi connectivity index (χ1v) is 7.36. The summed E-state index contributed by atoms with van der Waals surface area (Å²) in [6, 6.07) is 11.6. The molecule has 0 radical (unpaired) electrons. The summed E-state index contributed by atoms with van der Waals surface area (Å²) in [6.45, 7) is 1.90. The highest BCUT2D eigenvalue weighted by molar-refractivity contribution is 5.95. The molecule has 1 amide bonds. The van der Waals surface area contributed by atoms with Gasteiger partial charge in [0, 0.05) is 24.2 Å². The summed E-state index contributed by atoms with van der Waals surface area (Å²) >= 11 is 0. The molecule has 124 valence electrons. The zero-order valence-electron chi connectivity index (χ0n) is 13.0. The number of anilines is 1. The third-order valence-corrected chi connectivity index (χ3v) is 3.12. The number of non-ortho nitro benzene ring substituents is 1. The molecule has 7 heteroatoms. The first-order valence-electron chi connectivity index (χ1n) is 7.36. The van der Waals surface area contributed by atoms with Gasteiger partial charge in [0.25, 0.3) is 5.69 Å². The molecule has 0 atom stereocenters. The largest absolute Gasteiger partial charge is 0.423 e. The van der Waals surface area contributed by atoms with Crippen molar-refractivity contribution in [2.75, 3.05) is 5.32 Å². The SMILES string of the molecule is CCCC(=O)Nc1cccc(C(=O)Oc2ccc([N+](=O)[O-])cc2)c1. The van der Waals surface area contributed by atoms with Crippen LogP contribution in [0.4, 0.5) is 11.4 Å². The van der Waals surface area contributed by atoms with Crippen LogP contribution in [0.5, 0.6) is 5.75 Å². The Bertz CT molecular complexity index is 756. The summed E-state index contributed by atoms with van der Waals surface area (Å²) in [6.07, 6.45) is 1.13. The first-order chi connectivity index (χ1) is 11.5. The number of hydrogen-bond donors (Lipinski definition) is 1. The number of rotatable bonds is 6. The number of nitro benzene ring substituents is 1. The highest BCUT2D eigenvalue weighted by Gasteiger charge is 2.11. The summed E-state index contributed by atoms with van der Waals surface area (Å²) in [7, 11) is 0. The minimum Gasteiger partial charge on any atom is -0.423 e. The van der Waals surface area contributed by atoms with E-state index in [4.69, 9.17) is 4.74 Å². The maximum Gasteiger partial charge on any atom is 0.343 e. The molecule has 2 rings (SSSR count). The van der Waals surface area contributed by atoms with Crippen molar-refractivity contribution in [1.29, 1.82) is 0 Å². The summed E-state index contributed by atoms with van der Waals surface area (Å²) in [4.78, 5) is 33.8. The molecular weight excluding hydrogens is 312 g/mol. The van der Waals surface area contributed by atoms with E-state index in [-0.39, 0.29) is 22.9 Å². The molecule has 0 aliphatic rings. The van der Waals surface area contributed by atoms with Crippen LogP contribution in [-0.2, 0) is 4.79 Å². The monoisotopic (exact) mass is 328 g/mol. The molecule has 0 unspecified atom stereocenters. The maximum atomic E-state index is 12.1. The van der Waals surface area contributed by atoms with Crippen molar-refractivity contribution in [3.05, 3.63) is 64.2 Å². The second-order valence-corrected chi connectivity index (χ2v) is 5.02. The number of benzene rings is 2. The zero-order valence-corrected chi connectivity index (χ0v) is 13.0. The molecule has 0 bridgehead atoms. The van der Waals surface area contributed by atoms with Crippen molar-refractivity contribution >= 4 is 23.3 Å². The van der Waals surface area contributed by atoms with Gasteiger partial charge in [0.05, 0.1) is 10.5 Å². The molecular formula is C17H16N2O5. The molecule has 0 heterocycles. The van der Waals surface area contributed by atoms with Crippen molar-refractivity contribution < 1.29 is 19.2 Å². The number of nitrogens with one attached hydrogen (secondary N) is 1. The van der Waals surface area contributed by atoms with E-state index in [1.165, 1.54) is 30.3 Å². The lowest BCUT2D eigenvalue weighted by Crippen LogP contribution is -2.12. The molecule has 0 aliphatic heterocycles. The van der Waals surface area contributed by atoms with E-state index in [1.54, 1.807) is 18.2 Å². The molecule has 0 fully saturated rings. The van der Waals surface area contributed by atoms with Crippen LogP contribution in [0.15, 0.2) is 48.5 Å². The van der Waals surface area contributed by atoms with Gasteiger partial charge in [-0.25, -0.2) is 4.79 Å². The van der Waals surface area contributed by atoms with Crippen molar-refractivity contribution in [2.24, 2.45) is 0 Å². The smallest absolute Gasteiger partial charge is 0.343 e. The van der Waals surface area contributed by atoms with E-state index in [2.05, 4.69) is 5.32 Å². The van der Waals surface area contributed by atoms with Crippen LogP contribution in [-0.4, -0.2) is 16.8 Å². The van der Waals surface area contributed by atoms with Crippen LogP contribution in [0.1, 0.15) is 30.1 Å². The predicted octanol–water partition coefficient (Wildman–Crippen LogP) is 3.55. The Morgan fingerprint density at radius 3 is 2.50 bits per heavy atom. The van der Waals surface area contributed by atoms with E-state index in [1.807, 2.05) is 6.92 Å². The Balaban J connectivity index is 2.06. The van der Waals surface area contributed by atoms with E-state index < -0.39 is 10.9 Å². The zero-order chi connectivity index (χ0) is 17.5. The minimum atomic E-state index is -0.615. The predicted molar refractivity (Wildman–Crippen MR) is 88.0 cm³/mol. The highest BCUT2D eigenvalue weighted by Crippen LogP contribution is 2.19. The second-order valence-electron chi connectivity index (χ2n) is 5.02. The van der Waals surface area contributed by atoms with Gasteiger partial charge < -0.3 is 10.1 Å². The topological polar surface area (TPSA) is 98.5 Å². The van der Waals surface area contributed by atoms with Crippen LogP contribution >= 0.6 is 0 Å². The van der Waals surface area contributed by atoms with Gasteiger partial charge in [0.15, 0.2) is 0 Å². The van der Waals surface area contributed by atoms with Crippen molar-refractivity contribution in [3.63, 3.8) is 0 Å². The molecule has 24 heavy (non-hydrogen) atoms. The molecule has 0 saturated carbocycles. The lowest BCUT2D eigenvalue weighted by Gasteiger charge is -2.07. The van der Waals surface area contributed by atoms with Crippen LogP contribution in [0.2, 0.25) is 0 Å². The number of hydrogen-bond acceptors (Lipinski definition) is 5. The normalized spacial score (nSPS) is 10.0. The fraction of sp³-hybridized carbons (Fsp3) is 0.176. The fourth-order valence-corrected chi connectivity index (χ4v) is 1.98. The summed E-state index contributed by atoms with van der Waals surface area (Å²) in [5.41, 5.74) is 0.685. The molecule has 0 aliphatic carbocycles. The Hall–Kier alpha value is -3.22. The lowest BCUT2D eigenvalue weighted by molar-refractivity contribution is -0.384. The van der Waals surface area contributed by atoms with E-state index >= 15 is 0 Å². The average Bonchev–Trinajstić information content (AvgIpc) is 2.55. The number of nitrogens with zero attached hydrogens (tertiary/aromatic N) is 1. The quantitative estimate of drug-likeness (QED) is 0.378. The first kappa shape index (κ1) is 17.1. The van der Waals surface area contributed by atoms with Gasteiger partial charge in [-0.05, 0) is 36.8 Å². The maximum absolute atomic E-state index is 12.1. The number of ether oxygens (including phenoxy) is 1. The second kappa shape index (κ2) is 7.87. The molecule has 2 aromatic rings.